The molecule has 0 aromatic heterocycles. The van der Waals surface area contributed by atoms with Crippen LogP contribution >= 0.6 is 0 Å². The maximum absolute atomic E-state index is 12.2. The van der Waals surface area contributed by atoms with Crippen molar-refractivity contribution in [3.63, 3.8) is 0 Å². The zero-order valence-electron chi connectivity index (χ0n) is 29.0. The highest BCUT2D eigenvalue weighted by atomic mass is 16.7. The molecule has 5 fully saturated rings. The first-order chi connectivity index (χ1) is 21.2. The summed E-state index contributed by atoms with van der Waals surface area (Å²) in [6.45, 7) is 17.7. The average Bonchev–Trinajstić information content (AvgIpc) is 3.28. The fraction of sp³-hybridized carbons (Fsp3) is 0.944. The van der Waals surface area contributed by atoms with Crippen molar-refractivity contribution < 1.29 is 50.3 Å². The second-order valence-corrected chi connectivity index (χ2v) is 17.5. The molecule has 8 N–H and O–H groups in total. The van der Waals surface area contributed by atoms with Gasteiger partial charge >= 0.3 is 0 Å². The number of aliphatic hydroxyl groups is 8. The summed E-state index contributed by atoms with van der Waals surface area (Å²) < 4.78 is 12.5. The number of fused-ring (bicyclic) bond motifs is 5. The van der Waals surface area contributed by atoms with Crippen molar-refractivity contribution in [2.45, 2.75) is 161 Å². The SMILES string of the molecule is C=C(C)C(O)CC[C@](C)(O)[C@H]1CC[C@@]2(C)[C@@H]3C[C@H](O[C@@H]4O[C@H](CO)[C@@H](O)[C@H](O)[C@H]4O)C4C(C)(C)[C@@H](O)CC[C@]4(C)[C@H]3C[C@@H](O)[C@]12C. The summed E-state index contributed by atoms with van der Waals surface area (Å²) in [5.41, 5.74) is -2.40. The molecule has 0 aromatic rings. The Balaban J connectivity index is 1.52. The zero-order chi connectivity index (χ0) is 34.4. The third kappa shape index (κ3) is 5.37. The first kappa shape index (κ1) is 36.6. The lowest BCUT2D eigenvalue weighted by molar-refractivity contribution is -0.340. The molecule has 1 heterocycles. The van der Waals surface area contributed by atoms with E-state index < -0.39 is 78.2 Å². The normalized spacial score (nSPS) is 52.2. The highest BCUT2D eigenvalue weighted by molar-refractivity contribution is 5.21. The first-order valence-corrected chi connectivity index (χ1v) is 17.6. The number of rotatable bonds is 8. The van der Waals surface area contributed by atoms with Crippen molar-refractivity contribution in [1.82, 2.24) is 0 Å². The van der Waals surface area contributed by atoms with E-state index in [1.165, 1.54) is 0 Å². The van der Waals surface area contributed by atoms with E-state index in [0.29, 0.717) is 37.7 Å². The summed E-state index contributed by atoms with van der Waals surface area (Å²) in [6.07, 6.45) is -4.66. The van der Waals surface area contributed by atoms with Gasteiger partial charge in [-0.3, -0.25) is 0 Å². The summed E-state index contributed by atoms with van der Waals surface area (Å²) >= 11 is 0. The first-order valence-electron chi connectivity index (χ1n) is 17.6. The van der Waals surface area contributed by atoms with E-state index in [0.717, 1.165) is 19.3 Å². The number of hydrogen-bond donors (Lipinski definition) is 8. The largest absolute Gasteiger partial charge is 0.394 e. The minimum Gasteiger partial charge on any atom is -0.394 e. The van der Waals surface area contributed by atoms with Gasteiger partial charge in [0.15, 0.2) is 6.29 Å². The molecule has 10 nitrogen and oxygen atoms in total. The predicted molar refractivity (Wildman–Crippen MR) is 171 cm³/mol. The Morgan fingerprint density at radius 2 is 1.59 bits per heavy atom. The second kappa shape index (κ2) is 12.3. The second-order valence-electron chi connectivity index (χ2n) is 17.5. The molecule has 5 aliphatic rings. The zero-order valence-corrected chi connectivity index (χ0v) is 29.0. The molecule has 0 aromatic carbocycles. The predicted octanol–water partition coefficient (Wildman–Crippen LogP) is 2.27. The monoisotopic (exact) mass is 654 g/mol. The van der Waals surface area contributed by atoms with Gasteiger partial charge < -0.3 is 50.3 Å². The van der Waals surface area contributed by atoms with Gasteiger partial charge in [-0.25, -0.2) is 0 Å². The van der Waals surface area contributed by atoms with Crippen LogP contribution in [0, 0.1) is 45.3 Å². The van der Waals surface area contributed by atoms with Crippen LogP contribution in [0.15, 0.2) is 12.2 Å². The smallest absolute Gasteiger partial charge is 0.186 e. The van der Waals surface area contributed by atoms with Gasteiger partial charge in [0.25, 0.3) is 0 Å². The Morgan fingerprint density at radius 3 is 2.20 bits per heavy atom. The minimum atomic E-state index is -1.56. The standard InChI is InChI=1S/C36H62O10/c1-18(2)21(38)9-14-35(7,44)24-10-13-34(6)20-15-22(45-31-29(43)28(42)27(41)23(17-37)46-31)30-32(3,4)25(39)11-12-33(30,5)19(20)16-26(40)36(24,34)8/h19-31,37-44H,1,9-17H2,2-8H3/t19-,20+,21?,22-,23+,24+,25-,26+,27+,28-,29+,30?,31+,33+,34-,35-,36-/m0/s1. The molecule has 0 bridgehead atoms. The lowest BCUT2D eigenvalue weighted by Crippen LogP contribution is -2.69. The average molecular weight is 655 g/mol. The summed E-state index contributed by atoms with van der Waals surface area (Å²) in [5.74, 6) is -0.203. The quantitative estimate of drug-likeness (QED) is 0.143. The van der Waals surface area contributed by atoms with Gasteiger partial charge in [0.1, 0.15) is 24.4 Å². The van der Waals surface area contributed by atoms with Crippen molar-refractivity contribution in [2.24, 2.45) is 45.3 Å². The minimum absolute atomic E-state index is 0.0740. The molecule has 46 heavy (non-hydrogen) atoms. The van der Waals surface area contributed by atoms with Crippen LogP contribution in [-0.4, -0.2) is 108 Å². The van der Waals surface area contributed by atoms with Crippen molar-refractivity contribution in [1.29, 1.82) is 0 Å². The van der Waals surface area contributed by atoms with E-state index in [1.54, 1.807) is 6.92 Å². The Kier molecular flexibility index (Phi) is 9.78. The molecule has 0 radical (unpaired) electrons. The number of aliphatic hydroxyl groups excluding tert-OH is 7. The van der Waals surface area contributed by atoms with Crippen molar-refractivity contribution in [3.05, 3.63) is 12.2 Å². The van der Waals surface area contributed by atoms with E-state index in [4.69, 9.17) is 9.47 Å². The van der Waals surface area contributed by atoms with E-state index in [9.17, 15) is 40.9 Å². The lowest BCUT2D eigenvalue weighted by atomic mass is 9.36. The van der Waals surface area contributed by atoms with Crippen LogP contribution in [0.25, 0.3) is 0 Å². The molecule has 17 atom stereocenters. The van der Waals surface area contributed by atoms with Crippen molar-refractivity contribution in [2.75, 3.05) is 6.61 Å². The van der Waals surface area contributed by atoms with Crippen molar-refractivity contribution in [3.8, 4) is 0 Å². The molecular weight excluding hydrogens is 592 g/mol. The number of ether oxygens (including phenoxy) is 2. The van der Waals surface area contributed by atoms with Gasteiger partial charge in [-0.05, 0) is 105 Å². The molecule has 266 valence electrons. The van der Waals surface area contributed by atoms with Crippen molar-refractivity contribution >= 4 is 0 Å². The van der Waals surface area contributed by atoms with Gasteiger partial charge in [-0.2, -0.15) is 0 Å². The van der Waals surface area contributed by atoms with Gasteiger partial charge in [0, 0.05) is 5.41 Å². The molecule has 4 saturated carbocycles. The van der Waals surface area contributed by atoms with Crippen LogP contribution in [0.2, 0.25) is 0 Å². The molecule has 2 unspecified atom stereocenters. The summed E-state index contributed by atoms with van der Waals surface area (Å²) in [5, 5.41) is 87.8. The Bertz CT molecular complexity index is 1130. The fourth-order valence-corrected chi connectivity index (χ4v) is 11.9. The highest BCUT2D eigenvalue weighted by Crippen LogP contribution is 2.75. The Morgan fingerprint density at radius 1 is 0.935 bits per heavy atom. The third-order valence-corrected chi connectivity index (χ3v) is 14.8. The maximum Gasteiger partial charge on any atom is 0.186 e. The van der Waals surface area contributed by atoms with Crippen LogP contribution < -0.4 is 0 Å². The molecule has 5 rings (SSSR count). The summed E-state index contributed by atoms with van der Waals surface area (Å²) in [4.78, 5) is 0. The molecule has 4 aliphatic carbocycles. The topological polar surface area (TPSA) is 180 Å². The fourth-order valence-electron chi connectivity index (χ4n) is 11.9. The van der Waals surface area contributed by atoms with Gasteiger partial charge in [0.2, 0.25) is 0 Å². The van der Waals surface area contributed by atoms with Crippen LogP contribution in [-0.2, 0) is 9.47 Å². The Labute approximate surface area is 274 Å². The van der Waals surface area contributed by atoms with Crippen LogP contribution in [0.1, 0.15) is 99.8 Å². The molecule has 1 aliphatic heterocycles. The van der Waals surface area contributed by atoms with E-state index in [-0.39, 0.29) is 34.5 Å². The third-order valence-electron chi connectivity index (χ3n) is 14.8. The summed E-state index contributed by atoms with van der Waals surface area (Å²) in [6, 6.07) is 0. The van der Waals surface area contributed by atoms with Gasteiger partial charge in [-0.15, -0.1) is 0 Å². The van der Waals surface area contributed by atoms with E-state index >= 15 is 0 Å². The molecule has 0 amide bonds. The molecular formula is C36H62O10. The van der Waals surface area contributed by atoms with Crippen LogP contribution in [0.3, 0.4) is 0 Å². The van der Waals surface area contributed by atoms with E-state index in [2.05, 4.69) is 41.2 Å². The van der Waals surface area contributed by atoms with Gasteiger partial charge in [-0.1, -0.05) is 46.8 Å². The van der Waals surface area contributed by atoms with Gasteiger partial charge in [0.05, 0.1) is 36.6 Å². The summed E-state index contributed by atoms with van der Waals surface area (Å²) in [7, 11) is 0. The number of hydrogen-bond acceptors (Lipinski definition) is 10. The van der Waals surface area contributed by atoms with Crippen LogP contribution in [0.4, 0.5) is 0 Å². The molecule has 1 saturated heterocycles. The van der Waals surface area contributed by atoms with Crippen LogP contribution in [0.5, 0.6) is 0 Å². The van der Waals surface area contributed by atoms with E-state index in [1.807, 2.05) is 6.92 Å². The molecule has 10 heteroatoms. The highest BCUT2D eigenvalue weighted by Gasteiger charge is 2.73. The Hall–Kier alpha value is -0.660. The maximum atomic E-state index is 12.2. The molecule has 0 spiro atoms. The lowest BCUT2D eigenvalue weighted by Gasteiger charge is -2.70.